The van der Waals surface area contributed by atoms with Crippen LogP contribution in [0.25, 0.3) is 0 Å². The minimum absolute atomic E-state index is 0.0232. The number of aromatic carboxylic acids is 1. The molecule has 0 radical (unpaired) electrons. The summed E-state index contributed by atoms with van der Waals surface area (Å²) in [6, 6.07) is 3.32. The van der Waals surface area contributed by atoms with Gasteiger partial charge in [0.25, 0.3) is 11.6 Å². The van der Waals surface area contributed by atoms with E-state index in [1.54, 1.807) is 16.7 Å². The number of carboxylic acids is 1. The molecular weight excluding hydrogens is 308 g/mol. The monoisotopic (exact) mass is 324 g/mol. The van der Waals surface area contributed by atoms with Crippen LogP contribution in [0.15, 0.2) is 18.2 Å². The van der Waals surface area contributed by atoms with Gasteiger partial charge in [-0.3, -0.25) is 14.9 Å². The summed E-state index contributed by atoms with van der Waals surface area (Å²) < 4.78 is 0. The topological polar surface area (TPSA) is 101 Å². The third-order valence-electron chi connectivity index (χ3n) is 3.57. The number of non-ortho nitro benzene ring substituents is 1. The average Bonchev–Trinajstić information content (AvgIpc) is 2.70. The Morgan fingerprint density at radius 2 is 2.00 bits per heavy atom. The van der Waals surface area contributed by atoms with Crippen molar-refractivity contribution in [3.05, 3.63) is 39.4 Å². The number of nitro groups is 1. The van der Waals surface area contributed by atoms with E-state index in [4.69, 9.17) is 5.11 Å². The van der Waals surface area contributed by atoms with Crippen molar-refractivity contribution in [2.45, 2.75) is 19.4 Å². The number of nitrogens with zero attached hydrogens (tertiary/aromatic N) is 2. The predicted octanol–water partition coefficient (Wildman–Crippen LogP) is 2.26. The minimum atomic E-state index is -1.29. The number of carboxylic acid groups (broad SMARTS) is 1. The largest absolute Gasteiger partial charge is 0.478 e. The van der Waals surface area contributed by atoms with Crippen LogP contribution in [0.1, 0.15) is 34.1 Å². The molecule has 0 aromatic heterocycles. The van der Waals surface area contributed by atoms with Gasteiger partial charge in [-0.2, -0.15) is 11.8 Å². The molecule has 1 fully saturated rings. The third kappa shape index (κ3) is 3.56. The molecule has 0 bridgehead atoms. The Labute approximate surface area is 131 Å². The van der Waals surface area contributed by atoms with Gasteiger partial charge in [-0.25, -0.2) is 4.79 Å². The van der Waals surface area contributed by atoms with Crippen LogP contribution in [0, 0.1) is 10.1 Å². The fourth-order valence-corrected chi connectivity index (χ4v) is 3.36. The van der Waals surface area contributed by atoms with E-state index in [1.165, 1.54) is 6.07 Å². The number of carbonyl (C=O) groups excluding carboxylic acids is 1. The molecule has 0 saturated carbocycles. The summed E-state index contributed by atoms with van der Waals surface area (Å²) in [4.78, 5) is 35.6. The molecule has 7 nitrogen and oxygen atoms in total. The van der Waals surface area contributed by atoms with Gasteiger partial charge in [0.2, 0.25) is 0 Å². The first kappa shape index (κ1) is 16.3. The lowest BCUT2D eigenvalue weighted by Gasteiger charge is -2.27. The maximum Gasteiger partial charge on any atom is 0.335 e. The van der Waals surface area contributed by atoms with Crippen molar-refractivity contribution in [2.24, 2.45) is 0 Å². The van der Waals surface area contributed by atoms with E-state index in [0.717, 1.165) is 30.1 Å². The first-order chi connectivity index (χ1) is 10.4. The molecule has 1 atom stereocenters. The van der Waals surface area contributed by atoms with Gasteiger partial charge in [0, 0.05) is 36.0 Å². The quantitative estimate of drug-likeness (QED) is 0.676. The normalized spacial score (nSPS) is 18.6. The number of benzene rings is 1. The van der Waals surface area contributed by atoms with E-state index < -0.39 is 10.9 Å². The van der Waals surface area contributed by atoms with Crippen LogP contribution in [-0.2, 0) is 0 Å². The van der Waals surface area contributed by atoms with Gasteiger partial charge in [-0.05, 0) is 25.2 Å². The molecule has 1 aliphatic heterocycles. The fraction of sp³-hybridized carbons (Fsp3) is 0.429. The van der Waals surface area contributed by atoms with Crippen LogP contribution in [0.3, 0.4) is 0 Å². The number of hydrogen-bond acceptors (Lipinski definition) is 5. The molecule has 1 heterocycles. The smallest absolute Gasteiger partial charge is 0.335 e. The highest BCUT2D eigenvalue weighted by molar-refractivity contribution is 7.99. The molecule has 0 spiro atoms. The van der Waals surface area contributed by atoms with E-state index in [-0.39, 0.29) is 28.8 Å². The van der Waals surface area contributed by atoms with Crippen molar-refractivity contribution in [1.82, 2.24) is 4.90 Å². The zero-order valence-electron chi connectivity index (χ0n) is 12.0. The summed E-state index contributed by atoms with van der Waals surface area (Å²) >= 11 is 1.76. The molecule has 1 amide bonds. The Kier molecular flexibility index (Phi) is 5.02. The summed E-state index contributed by atoms with van der Waals surface area (Å²) in [5.74, 6) is 0.107. The second-order valence-electron chi connectivity index (χ2n) is 5.08. The van der Waals surface area contributed by atoms with Crippen molar-refractivity contribution < 1.29 is 19.6 Å². The van der Waals surface area contributed by atoms with Crippen LogP contribution in [0.2, 0.25) is 0 Å². The number of amides is 1. The molecule has 1 aromatic carbocycles. The highest BCUT2D eigenvalue weighted by atomic mass is 32.2. The molecule has 1 saturated heterocycles. The van der Waals surface area contributed by atoms with Crippen LogP contribution < -0.4 is 0 Å². The minimum Gasteiger partial charge on any atom is -0.478 e. The van der Waals surface area contributed by atoms with E-state index in [1.807, 2.05) is 6.92 Å². The Bertz CT molecular complexity index is 587. The van der Waals surface area contributed by atoms with E-state index >= 15 is 0 Å². The Morgan fingerprint density at radius 1 is 1.32 bits per heavy atom. The molecule has 22 heavy (non-hydrogen) atoms. The Morgan fingerprint density at radius 3 is 2.64 bits per heavy atom. The van der Waals surface area contributed by atoms with Gasteiger partial charge in [0.1, 0.15) is 0 Å². The first-order valence-electron chi connectivity index (χ1n) is 6.81. The molecule has 1 N–H and O–H groups in total. The second kappa shape index (κ2) is 6.78. The summed E-state index contributed by atoms with van der Waals surface area (Å²) in [5, 5.41) is 20.0. The molecule has 2 rings (SSSR count). The highest BCUT2D eigenvalue weighted by Gasteiger charge is 2.25. The van der Waals surface area contributed by atoms with Gasteiger partial charge in [0.15, 0.2) is 0 Å². The number of rotatable bonds is 3. The van der Waals surface area contributed by atoms with Gasteiger partial charge < -0.3 is 10.0 Å². The Hall–Kier alpha value is -2.09. The average molecular weight is 324 g/mol. The number of carbonyl (C=O) groups is 2. The fourth-order valence-electron chi connectivity index (χ4n) is 2.33. The third-order valence-corrected chi connectivity index (χ3v) is 4.57. The van der Waals surface area contributed by atoms with Crippen LogP contribution >= 0.6 is 11.8 Å². The standard InChI is InChI=1S/C14H16N2O5S/c1-9-2-4-22-5-3-15(9)13(17)10-6-11(14(18)19)8-12(7-10)16(20)21/h6-9H,2-5H2,1H3,(H,18,19). The van der Waals surface area contributed by atoms with Crippen LogP contribution in [-0.4, -0.2) is 50.9 Å². The summed E-state index contributed by atoms with van der Waals surface area (Å²) in [7, 11) is 0. The summed E-state index contributed by atoms with van der Waals surface area (Å²) in [5.41, 5.74) is -0.597. The number of hydrogen-bond donors (Lipinski definition) is 1. The lowest BCUT2D eigenvalue weighted by atomic mass is 10.1. The SMILES string of the molecule is CC1CCSCCN1C(=O)c1cc(C(=O)O)cc([N+](=O)[O-])c1. The van der Waals surface area contributed by atoms with Crippen molar-refractivity contribution in [1.29, 1.82) is 0 Å². The predicted molar refractivity (Wildman–Crippen MR) is 82.5 cm³/mol. The van der Waals surface area contributed by atoms with Gasteiger partial charge in [0.05, 0.1) is 10.5 Å². The highest BCUT2D eigenvalue weighted by Crippen LogP contribution is 2.22. The lowest BCUT2D eigenvalue weighted by molar-refractivity contribution is -0.384. The van der Waals surface area contributed by atoms with Crippen molar-refractivity contribution in [3.8, 4) is 0 Å². The summed E-state index contributed by atoms with van der Waals surface area (Å²) in [6.07, 6.45) is 0.844. The molecular formula is C14H16N2O5S. The molecule has 118 valence electrons. The van der Waals surface area contributed by atoms with E-state index in [9.17, 15) is 19.7 Å². The number of nitro benzene ring substituents is 1. The maximum absolute atomic E-state index is 12.6. The maximum atomic E-state index is 12.6. The molecule has 1 aromatic rings. The zero-order valence-corrected chi connectivity index (χ0v) is 12.8. The van der Waals surface area contributed by atoms with Crippen LogP contribution in [0.4, 0.5) is 5.69 Å². The van der Waals surface area contributed by atoms with E-state index in [0.29, 0.717) is 6.54 Å². The lowest BCUT2D eigenvalue weighted by Crippen LogP contribution is -2.39. The Balaban J connectivity index is 2.39. The van der Waals surface area contributed by atoms with Crippen molar-refractivity contribution in [3.63, 3.8) is 0 Å². The van der Waals surface area contributed by atoms with Crippen molar-refractivity contribution >= 4 is 29.3 Å². The van der Waals surface area contributed by atoms with Gasteiger partial charge in [-0.15, -0.1) is 0 Å². The van der Waals surface area contributed by atoms with E-state index in [2.05, 4.69) is 0 Å². The molecule has 0 aliphatic carbocycles. The first-order valence-corrected chi connectivity index (χ1v) is 7.97. The zero-order chi connectivity index (χ0) is 16.3. The molecule has 8 heteroatoms. The number of thioether (sulfide) groups is 1. The van der Waals surface area contributed by atoms with Gasteiger partial charge >= 0.3 is 5.97 Å². The second-order valence-corrected chi connectivity index (χ2v) is 6.30. The van der Waals surface area contributed by atoms with Crippen molar-refractivity contribution in [2.75, 3.05) is 18.1 Å². The van der Waals surface area contributed by atoms with Crippen LogP contribution in [0.5, 0.6) is 0 Å². The van der Waals surface area contributed by atoms with Gasteiger partial charge in [-0.1, -0.05) is 0 Å². The molecule has 1 unspecified atom stereocenters. The molecule has 1 aliphatic rings. The summed E-state index contributed by atoms with van der Waals surface area (Å²) in [6.45, 7) is 2.48.